The number of carboxylic acids is 4. The summed E-state index contributed by atoms with van der Waals surface area (Å²) >= 11 is 0. The molecule has 8 N–H and O–H groups in total. The lowest BCUT2D eigenvalue weighted by Crippen LogP contribution is -2.36. The van der Waals surface area contributed by atoms with Gasteiger partial charge in [-0.25, -0.2) is 28.7 Å². The standard InChI is InChI=1S/2C29H38N4O3.2C27H35FN4O2/c34-29(35)27(25-12-11-23(17-19-5-6-19)31-26(25)20-7-8-20)33-15-13-24(18-33)36-16-2-4-22-10-9-21-3-1-14-30-28(21)32-22;34-29(35)27(24-12-13-25(19-6-7-19)32-26(24)20-8-9-20)33-16-14-23(18-33)36-17-2-1-5-22-11-10-21-4-3-15-30-28(21)31-22;2*28-27(13-3-1-2-7-21-12-11-20-6-4-16-30-25(20)31-21)14-17-32(18-27)24(26(33)34)22-8-5-15-29-23(22)19-9-10-19/h9-12,19-20,24,27H,1-8,13-18H2,(H,30,32)(H,34,35);10-13,19-20,23,27H,1-9,14-18H2,(H,30,31)(H,34,35);2*5,8,11-12,15,19,24H,1-4,6-7,9-10,13-14,16-18H2,(H,30,31)(H,33,34)/t24-,27?;23-,27+;24-,27+;24-,27-/m1101/s1. The summed E-state index contributed by atoms with van der Waals surface area (Å²) in [5.74, 6) is 3.76. The van der Waals surface area contributed by atoms with Crippen molar-refractivity contribution in [1.29, 1.82) is 0 Å². The van der Waals surface area contributed by atoms with Crippen molar-refractivity contribution in [2.24, 2.45) is 5.92 Å². The molecule has 26 nitrogen and oxygen atoms in total. The maximum atomic E-state index is 15.6. The molecule has 8 atom stereocenters. The van der Waals surface area contributed by atoms with Gasteiger partial charge in [0.05, 0.1) is 12.2 Å². The molecule has 10 fully saturated rings. The maximum Gasteiger partial charge on any atom is 0.325 e. The van der Waals surface area contributed by atoms with Gasteiger partial charge in [-0.1, -0.05) is 74.2 Å². The van der Waals surface area contributed by atoms with E-state index in [1.54, 1.807) is 24.5 Å². The number of pyridine rings is 8. The van der Waals surface area contributed by atoms with Crippen LogP contribution in [0.2, 0.25) is 0 Å². The summed E-state index contributed by atoms with van der Waals surface area (Å²) in [5.41, 5.74) is 16.5. The Balaban J connectivity index is 0.000000119. The lowest BCUT2D eigenvalue weighted by molar-refractivity contribution is -0.144. The first-order valence-electron chi connectivity index (χ1n) is 53.6. The number of ether oxygens (including phenoxy) is 2. The molecule has 6 aliphatic carbocycles. The Bertz CT molecular complexity index is 5430. The number of hydrogen-bond acceptors (Lipinski definition) is 22. The first-order chi connectivity index (χ1) is 68.3. The van der Waals surface area contributed by atoms with Crippen LogP contribution < -0.4 is 21.3 Å². The lowest BCUT2D eigenvalue weighted by Gasteiger charge is -2.27. The highest BCUT2D eigenvalue weighted by molar-refractivity contribution is 5.78. The van der Waals surface area contributed by atoms with Gasteiger partial charge in [-0.05, 0) is 308 Å². The number of hydrogen-bond donors (Lipinski definition) is 8. The molecule has 8 aromatic rings. The summed E-state index contributed by atoms with van der Waals surface area (Å²) in [5, 5.41) is 54.0. The van der Waals surface area contributed by atoms with Gasteiger partial charge in [0.15, 0.2) is 0 Å². The second-order valence-electron chi connectivity index (χ2n) is 42.8. The summed E-state index contributed by atoms with van der Waals surface area (Å²) in [6, 6.07) is 30.0. The molecule has 4 saturated heterocycles. The van der Waals surface area contributed by atoms with Crippen LogP contribution in [0.5, 0.6) is 0 Å². The van der Waals surface area contributed by atoms with E-state index in [0.717, 1.165) is 340 Å². The van der Waals surface area contributed by atoms with Crippen molar-refractivity contribution >= 4 is 47.1 Å². The van der Waals surface area contributed by atoms with Crippen molar-refractivity contribution < 1.29 is 57.9 Å². The van der Waals surface area contributed by atoms with Gasteiger partial charge in [-0.3, -0.25) is 58.7 Å². The van der Waals surface area contributed by atoms with Gasteiger partial charge in [0, 0.05) is 213 Å². The number of rotatable bonds is 42. The van der Waals surface area contributed by atoms with Crippen LogP contribution in [0, 0.1) is 5.92 Å². The van der Waals surface area contributed by atoms with E-state index >= 15 is 8.78 Å². The summed E-state index contributed by atoms with van der Waals surface area (Å²) in [6.07, 6.45) is 43.2. The predicted molar refractivity (Wildman–Crippen MR) is 536 cm³/mol. The van der Waals surface area contributed by atoms with Gasteiger partial charge >= 0.3 is 23.9 Å². The topological polar surface area (TPSA) is 332 Å². The third-order valence-corrected chi connectivity index (χ3v) is 31.4. The van der Waals surface area contributed by atoms with Crippen molar-refractivity contribution in [2.45, 2.75) is 334 Å². The number of nitrogens with one attached hydrogen (secondary N) is 4. The number of carboxylic acid groups (broad SMARTS) is 4. The van der Waals surface area contributed by atoms with Gasteiger partial charge in [0.2, 0.25) is 0 Å². The number of unbranched alkanes of at least 4 members (excludes halogenated alkanes) is 5. The Labute approximate surface area is 823 Å². The molecule has 14 aliphatic rings. The molecule has 8 aliphatic heterocycles. The summed E-state index contributed by atoms with van der Waals surface area (Å²) < 4.78 is 43.7. The zero-order chi connectivity index (χ0) is 96.1. The van der Waals surface area contributed by atoms with E-state index < -0.39 is 59.4 Å². The summed E-state index contributed by atoms with van der Waals surface area (Å²) in [6.45, 7) is 9.52. The number of aliphatic carboxylic acids is 4. The fourth-order valence-corrected chi connectivity index (χ4v) is 22.7. The SMILES string of the molecule is O=C(O)C(c1ccc(CC2CC2)nc1C1CC1)N1CC[C@@H](OCCCc2ccc3c(n2)NCCC3)C1.O=C(O)[C@@H](c1cccnc1C1CC1)N1CC[C@](F)(CCCCCc2ccc3c(n2)NCCC3)C1.O=C(O)[C@H](c1ccc(C2CC2)nc1C1CC1)N1CC[C@@H](OCCCCc2ccc3c(n2)NCCC3)C1.O=C(O)[C@H](c1cccnc1C1CC1)N1CC[C@](F)(CCCCCc2ccc3c(n2)NCCC3)C1. The van der Waals surface area contributed by atoms with Gasteiger partial charge in [-0.2, -0.15) is 0 Å². The number of aromatic nitrogens is 8. The summed E-state index contributed by atoms with van der Waals surface area (Å²) in [4.78, 5) is 95.1. The van der Waals surface area contributed by atoms with Crippen molar-refractivity contribution in [3.63, 3.8) is 0 Å². The average molecular weight is 1910 g/mol. The van der Waals surface area contributed by atoms with Gasteiger partial charge in [-0.15, -0.1) is 0 Å². The highest BCUT2D eigenvalue weighted by Crippen LogP contribution is 2.51. The van der Waals surface area contributed by atoms with Crippen LogP contribution in [0.3, 0.4) is 0 Å². The van der Waals surface area contributed by atoms with Crippen molar-refractivity contribution in [3.8, 4) is 0 Å². The van der Waals surface area contributed by atoms with Crippen molar-refractivity contribution in [1.82, 2.24) is 59.5 Å². The van der Waals surface area contributed by atoms with Gasteiger partial charge in [0.1, 0.15) is 58.8 Å². The van der Waals surface area contributed by atoms with Gasteiger partial charge < -0.3 is 51.2 Å². The molecule has 22 rings (SSSR count). The molecule has 8 aromatic heterocycles. The Morgan fingerprint density at radius 2 is 0.721 bits per heavy atom. The summed E-state index contributed by atoms with van der Waals surface area (Å²) in [7, 11) is 0. The Morgan fingerprint density at radius 3 is 1.12 bits per heavy atom. The number of anilines is 4. The molecular weight excluding hydrogens is 1770 g/mol. The van der Waals surface area contributed by atoms with Crippen LogP contribution in [0.4, 0.5) is 32.1 Å². The first kappa shape index (κ1) is 98.7. The number of halogens is 2. The average Bonchev–Trinajstić information content (AvgIpc) is 1.64. The lowest BCUT2D eigenvalue weighted by atomic mass is 9.96. The van der Waals surface area contributed by atoms with Crippen molar-refractivity contribution in [3.05, 3.63) is 211 Å². The number of fused-ring (bicyclic) bond motifs is 4. The predicted octanol–water partition coefficient (Wildman–Crippen LogP) is 19.5. The Kier molecular flexibility index (Phi) is 32.5. The van der Waals surface area contributed by atoms with Gasteiger partial charge in [0.25, 0.3) is 0 Å². The fraction of sp³-hybridized carbons (Fsp3) is 0.607. The molecule has 16 heterocycles. The molecule has 0 spiro atoms. The van der Waals surface area contributed by atoms with Crippen molar-refractivity contribution in [2.75, 3.05) is 113 Å². The molecule has 28 heteroatoms. The minimum absolute atomic E-state index is 0.0801. The molecule has 0 bridgehead atoms. The monoisotopic (exact) mass is 1910 g/mol. The number of carbonyl (C=O) groups is 4. The Morgan fingerprint density at radius 1 is 0.364 bits per heavy atom. The highest BCUT2D eigenvalue weighted by Gasteiger charge is 2.48. The second-order valence-corrected chi connectivity index (χ2v) is 42.8. The van der Waals surface area contributed by atoms with E-state index in [0.29, 0.717) is 94.7 Å². The van der Waals surface area contributed by atoms with E-state index in [4.69, 9.17) is 39.4 Å². The molecular formula is C112H146F2N16O10. The maximum absolute atomic E-state index is 15.6. The van der Waals surface area contributed by atoms with Crippen LogP contribution in [0.25, 0.3) is 0 Å². The number of likely N-dealkylation sites (tertiary alicyclic amines) is 4. The number of aryl methyl sites for hydroxylation is 8. The van der Waals surface area contributed by atoms with E-state index in [9.17, 15) is 39.6 Å². The van der Waals surface area contributed by atoms with Crippen LogP contribution in [0.15, 0.2) is 109 Å². The van der Waals surface area contributed by atoms with Crippen LogP contribution in [-0.2, 0) is 86.4 Å². The zero-order valence-corrected chi connectivity index (χ0v) is 81.9. The highest BCUT2D eigenvalue weighted by atomic mass is 19.1. The molecule has 0 radical (unpaired) electrons. The van der Waals surface area contributed by atoms with Crippen LogP contribution >= 0.6 is 0 Å². The molecule has 0 aromatic carbocycles. The first-order valence-corrected chi connectivity index (χ1v) is 53.6. The van der Waals surface area contributed by atoms with Crippen LogP contribution in [0.1, 0.15) is 354 Å². The minimum Gasteiger partial charge on any atom is -0.480 e. The van der Waals surface area contributed by atoms with Crippen LogP contribution in [-0.4, -0.2) is 219 Å². The number of alkyl halides is 2. The smallest absolute Gasteiger partial charge is 0.325 e. The van der Waals surface area contributed by atoms with E-state index in [1.807, 2.05) is 21.9 Å². The van der Waals surface area contributed by atoms with E-state index in [1.165, 1.54) is 60.8 Å². The molecule has 1 unspecified atom stereocenters. The zero-order valence-electron chi connectivity index (χ0n) is 81.9. The third kappa shape index (κ3) is 26.1. The minimum atomic E-state index is -1.32. The Hall–Kier alpha value is -10.1. The molecule has 748 valence electrons. The second kappa shape index (κ2) is 46.1. The molecule has 140 heavy (non-hydrogen) atoms. The normalized spacial score (nSPS) is 23.0. The van der Waals surface area contributed by atoms with E-state index in [-0.39, 0.29) is 25.3 Å². The molecule has 6 saturated carbocycles. The third-order valence-electron chi connectivity index (χ3n) is 31.4. The quantitative estimate of drug-likeness (QED) is 0.0165. The fourth-order valence-electron chi connectivity index (χ4n) is 22.7. The largest absolute Gasteiger partial charge is 0.480 e. The number of nitrogens with zero attached hydrogens (tertiary/aromatic N) is 12. The van der Waals surface area contributed by atoms with E-state index in [2.05, 4.69) is 114 Å². The molecule has 0 amide bonds.